The normalized spacial score (nSPS) is 11.2. The van der Waals surface area contributed by atoms with Crippen LogP contribution in [0.4, 0.5) is 19.1 Å². The van der Waals surface area contributed by atoms with Crippen molar-refractivity contribution in [2.24, 2.45) is 0 Å². The Balaban J connectivity index is 1.58. The molecule has 26 heavy (non-hydrogen) atoms. The molecule has 1 heterocycles. The van der Waals surface area contributed by atoms with Crippen LogP contribution in [0.2, 0.25) is 0 Å². The second-order valence-electron chi connectivity index (χ2n) is 5.53. The first-order chi connectivity index (χ1) is 12.5. The fourth-order valence-electron chi connectivity index (χ4n) is 2.31. The number of halogens is 3. The Hall–Kier alpha value is -3.09. The van der Waals surface area contributed by atoms with Crippen LogP contribution in [0.25, 0.3) is 0 Å². The van der Waals surface area contributed by atoms with E-state index in [1.165, 1.54) is 18.2 Å². The Kier molecular flexibility index (Phi) is 5.36. The zero-order valence-electron chi connectivity index (χ0n) is 13.7. The van der Waals surface area contributed by atoms with Crippen molar-refractivity contribution in [3.8, 4) is 5.75 Å². The van der Waals surface area contributed by atoms with Crippen LogP contribution in [0.1, 0.15) is 16.7 Å². The Morgan fingerprint density at radius 2 is 1.50 bits per heavy atom. The molecule has 0 aliphatic carbocycles. The van der Waals surface area contributed by atoms with Crippen LogP contribution in [0.15, 0.2) is 67.0 Å². The van der Waals surface area contributed by atoms with Gasteiger partial charge in [0, 0.05) is 18.9 Å². The van der Waals surface area contributed by atoms with E-state index in [0.29, 0.717) is 12.5 Å². The summed E-state index contributed by atoms with van der Waals surface area (Å²) in [7, 11) is 0. The third kappa shape index (κ3) is 4.72. The summed E-state index contributed by atoms with van der Waals surface area (Å²) in [5, 5.41) is 3.08. The van der Waals surface area contributed by atoms with Gasteiger partial charge in [0.05, 0.1) is 5.56 Å². The number of hydrogen-bond donors (Lipinski definition) is 1. The SMILES string of the molecule is FC(F)(F)c1ccccc1OCc1ccc(CNc2ncccn2)cc1. The van der Waals surface area contributed by atoms with Gasteiger partial charge in [-0.05, 0) is 29.3 Å². The topological polar surface area (TPSA) is 47.0 Å². The lowest BCUT2D eigenvalue weighted by Crippen LogP contribution is -2.08. The Bertz CT molecular complexity index is 837. The lowest BCUT2D eigenvalue weighted by atomic mass is 10.1. The van der Waals surface area contributed by atoms with Crippen molar-refractivity contribution in [1.82, 2.24) is 9.97 Å². The second-order valence-corrected chi connectivity index (χ2v) is 5.53. The van der Waals surface area contributed by atoms with Gasteiger partial charge in [-0.1, -0.05) is 36.4 Å². The molecule has 7 heteroatoms. The summed E-state index contributed by atoms with van der Waals surface area (Å²) in [6, 6.07) is 14.3. The highest BCUT2D eigenvalue weighted by Crippen LogP contribution is 2.36. The van der Waals surface area contributed by atoms with Crippen LogP contribution in [0.5, 0.6) is 5.75 Å². The molecule has 0 amide bonds. The summed E-state index contributed by atoms with van der Waals surface area (Å²) in [6.45, 7) is 0.602. The highest BCUT2D eigenvalue weighted by atomic mass is 19.4. The first kappa shape index (κ1) is 17.7. The number of rotatable bonds is 6. The minimum atomic E-state index is -4.44. The predicted octanol–water partition coefficient (Wildman–Crippen LogP) is 4.69. The summed E-state index contributed by atoms with van der Waals surface area (Å²) in [4.78, 5) is 8.14. The van der Waals surface area contributed by atoms with E-state index in [2.05, 4.69) is 15.3 Å². The average molecular weight is 359 g/mol. The van der Waals surface area contributed by atoms with E-state index in [0.717, 1.165) is 17.2 Å². The molecule has 3 rings (SSSR count). The van der Waals surface area contributed by atoms with Crippen molar-refractivity contribution < 1.29 is 17.9 Å². The van der Waals surface area contributed by atoms with Crippen LogP contribution in [-0.4, -0.2) is 9.97 Å². The fraction of sp³-hybridized carbons (Fsp3) is 0.158. The van der Waals surface area contributed by atoms with Gasteiger partial charge in [0.25, 0.3) is 0 Å². The van der Waals surface area contributed by atoms with E-state index in [4.69, 9.17) is 4.74 Å². The van der Waals surface area contributed by atoms with Crippen molar-refractivity contribution in [2.75, 3.05) is 5.32 Å². The molecule has 0 saturated carbocycles. The zero-order valence-corrected chi connectivity index (χ0v) is 13.7. The molecule has 0 radical (unpaired) electrons. The van der Waals surface area contributed by atoms with Gasteiger partial charge in [-0.25, -0.2) is 9.97 Å². The zero-order chi connectivity index (χ0) is 18.4. The number of hydrogen-bond acceptors (Lipinski definition) is 4. The minimum absolute atomic E-state index is 0.0581. The van der Waals surface area contributed by atoms with Gasteiger partial charge in [0.15, 0.2) is 0 Å². The van der Waals surface area contributed by atoms with Crippen LogP contribution in [-0.2, 0) is 19.3 Å². The molecule has 0 unspecified atom stereocenters. The minimum Gasteiger partial charge on any atom is -0.488 e. The van der Waals surface area contributed by atoms with Gasteiger partial charge in [0.2, 0.25) is 5.95 Å². The molecule has 134 valence electrons. The number of alkyl halides is 3. The van der Waals surface area contributed by atoms with Crippen LogP contribution in [0, 0.1) is 0 Å². The van der Waals surface area contributed by atoms with Crippen LogP contribution < -0.4 is 10.1 Å². The first-order valence-corrected chi connectivity index (χ1v) is 7.90. The quantitative estimate of drug-likeness (QED) is 0.694. The number of nitrogens with one attached hydrogen (secondary N) is 1. The molecule has 0 fully saturated rings. The Morgan fingerprint density at radius 3 is 2.19 bits per heavy atom. The molecular weight excluding hydrogens is 343 g/mol. The summed E-state index contributed by atoms with van der Waals surface area (Å²) in [6.07, 6.45) is -1.14. The summed E-state index contributed by atoms with van der Waals surface area (Å²) < 4.78 is 44.2. The van der Waals surface area contributed by atoms with E-state index in [9.17, 15) is 13.2 Å². The van der Waals surface area contributed by atoms with Gasteiger partial charge < -0.3 is 10.1 Å². The Labute approximate surface area is 148 Å². The highest BCUT2D eigenvalue weighted by molar-refractivity contribution is 5.36. The molecule has 0 bridgehead atoms. The molecule has 0 spiro atoms. The lowest BCUT2D eigenvalue weighted by Gasteiger charge is -2.14. The van der Waals surface area contributed by atoms with Gasteiger partial charge in [-0.3, -0.25) is 0 Å². The molecule has 1 aromatic heterocycles. The standard InChI is InChI=1S/C19H16F3N3O/c20-19(21,22)16-4-1-2-5-17(16)26-13-15-8-6-14(7-9-15)12-25-18-23-10-3-11-24-18/h1-11H,12-13H2,(H,23,24,25). The molecule has 0 saturated heterocycles. The van der Waals surface area contributed by atoms with Crippen molar-refractivity contribution in [3.63, 3.8) is 0 Å². The molecule has 0 atom stereocenters. The third-order valence-corrected chi connectivity index (χ3v) is 3.63. The van der Waals surface area contributed by atoms with Crippen molar-refractivity contribution in [2.45, 2.75) is 19.3 Å². The molecule has 2 aromatic carbocycles. The van der Waals surface area contributed by atoms with Crippen molar-refractivity contribution in [1.29, 1.82) is 0 Å². The average Bonchev–Trinajstić information content (AvgIpc) is 2.66. The number of para-hydroxylation sites is 1. The van der Waals surface area contributed by atoms with Gasteiger partial charge in [-0.2, -0.15) is 13.2 Å². The lowest BCUT2D eigenvalue weighted by molar-refractivity contribution is -0.139. The summed E-state index contributed by atoms with van der Waals surface area (Å²) >= 11 is 0. The highest BCUT2D eigenvalue weighted by Gasteiger charge is 2.33. The van der Waals surface area contributed by atoms with E-state index in [-0.39, 0.29) is 12.4 Å². The maximum absolute atomic E-state index is 13.0. The summed E-state index contributed by atoms with van der Waals surface area (Å²) in [5.41, 5.74) is 1.00. The van der Waals surface area contributed by atoms with E-state index in [1.54, 1.807) is 18.5 Å². The molecular formula is C19H16F3N3O. The maximum Gasteiger partial charge on any atom is 0.419 e. The van der Waals surface area contributed by atoms with Gasteiger partial charge in [0.1, 0.15) is 12.4 Å². The number of aromatic nitrogens is 2. The number of benzene rings is 2. The van der Waals surface area contributed by atoms with Crippen LogP contribution in [0.3, 0.4) is 0 Å². The molecule has 3 aromatic rings. The fourth-order valence-corrected chi connectivity index (χ4v) is 2.31. The Morgan fingerprint density at radius 1 is 0.846 bits per heavy atom. The largest absolute Gasteiger partial charge is 0.488 e. The summed E-state index contributed by atoms with van der Waals surface area (Å²) in [5.74, 6) is 0.357. The number of anilines is 1. The van der Waals surface area contributed by atoms with E-state index < -0.39 is 11.7 Å². The van der Waals surface area contributed by atoms with Crippen molar-refractivity contribution >= 4 is 5.95 Å². The van der Waals surface area contributed by atoms with Gasteiger partial charge in [-0.15, -0.1) is 0 Å². The number of ether oxygens (including phenoxy) is 1. The predicted molar refractivity (Wildman–Crippen MR) is 91.6 cm³/mol. The van der Waals surface area contributed by atoms with E-state index >= 15 is 0 Å². The van der Waals surface area contributed by atoms with E-state index in [1.807, 2.05) is 24.3 Å². The monoisotopic (exact) mass is 359 g/mol. The second kappa shape index (κ2) is 7.86. The molecule has 0 aliphatic heterocycles. The molecule has 4 nitrogen and oxygen atoms in total. The molecule has 1 N–H and O–H groups in total. The molecule has 0 aliphatic rings. The van der Waals surface area contributed by atoms with Crippen LogP contribution >= 0.6 is 0 Å². The van der Waals surface area contributed by atoms with Gasteiger partial charge >= 0.3 is 6.18 Å². The first-order valence-electron chi connectivity index (χ1n) is 7.90. The van der Waals surface area contributed by atoms with Crippen molar-refractivity contribution in [3.05, 3.63) is 83.7 Å². The number of nitrogens with zero attached hydrogens (tertiary/aromatic N) is 2. The maximum atomic E-state index is 13.0. The third-order valence-electron chi connectivity index (χ3n) is 3.63. The smallest absolute Gasteiger partial charge is 0.419 e.